The number of carboxylic acid groups (broad SMARTS) is 1. The summed E-state index contributed by atoms with van der Waals surface area (Å²) in [7, 11) is 0. The number of carboxylic acids is 1. The summed E-state index contributed by atoms with van der Waals surface area (Å²) in [5.41, 5.74) is 1.06. The summed E-state index contributed by atoms with van der Waals surface area (Å²) in [6.07, 6.45) is 0.829. The van der Waals surface area contributed by atoms with Crippen molar-refractivity contribution in [2.24, 2.45) is 5.92 Å². The molecule has 1 aromatic carbocycles. The number of carbonyl (C=O) groups is 4. The highest BCUT2D eigenvalue weighted by Gasteiger charge is 2.28. The molecular formula is C18H22N2O5. The fourth-order valence-electron chi connectivity index (χ4n) is 2.68. The minimum atomic E-state index is -1.07. The molecule has 1 aliphatic heterocycles. The van der Waals surface area contributed by atoms with Gasteiger partial charge in [0.15, 0.2) is 0 Å². The largest absolute Gasteiger partial charge is 0.480 e. The molecular weight excluding hydrogens is 324 g/mol. The Balaban J connectivity index is 2.01. The summed E-state index contributed by atoms with van der Waals surface area (Å²) < 4.78 is 0. The van der Waals surface area contributed by atoms with Gasteiger partial charge in [-0.25, -0.2) is 4.79 Å². The van der Waals surface area contributed by atoms with Gasteiger partial charge in [-0.2, -0.15) is 0 Å². The number of likely N-dealkylation sites (tertiary alicyclic amines) is 1. The zero-order valence-corrected chi connectivity index (χ0v) is 14.3. The normalized spacial score (nSPS) is 15.6. The summed E-state index contributed by atoms with van der Waals surface area (Å²) in [5.74, 6) is -1.77. The van der Waals surface area contributed by atoms with Gasteiger partial charge in [0.25, 0.3) is 5.91 Å². The van der Waals surface area contributed by atoms with E-state index in [9.17, 15) is 24.3 Å². The standard InChI is InChI=1S/C18H22N2O5/c1-11(2)9-14(18(24)25)19-17(23)13-5-3-12(4-6-13)10-20-15(21)7-8-16(20)22/h3-6,11,14H,7-10H2,1-2H3,(H,19,23)(H,24,25)/t14-/m0/s1. The van der Waals surface area contributed by atoms with Gasteiger partial charge < -0.3 is 10.4 Å². The summed E-state index contributed by atoms with van der Waals surface area (Å²) in [6, 6.07) is 5.50. The van der Waals surface area contributed by atoms with Crippen LogP contribution in [0.25, 0.3) is 0 Å². The first kappa shape index (κ1) is 18.6. The van der Waals surface area contributed by atoms with Crippen molar-refractivity contribution in [3.05, 3.63) is 35.4 Å². The second kappa shape index (κ2) is 7.92. The smallest absolute Gasteiger partial charge is 0.326 e. The van der Waals surface area contributed by atoms with Gasteiger partial charge in [0.2, 0.25) is 11.8 Å². The lowest BCUT2D eigenvalue weighted by Gasteiger charge is -2.17. The average molecular weight is 346 g/mol. The van der Waals surface area contributed by atoms with Gasteiger partial charge in [0.1, 0.15) is 6.04 Å². The first-order valence-corrected chi connectivity index (χ1v) is 8.23. The van der Waals surface area contributed by atoms with E-state index in [0.717, 1.165) is 5.56 Å². The molecule has 0 unspecified atom stereocenters. The molecule has 0 radical (unpaired) electrons. The molecule has 1 atom stereocenters. The van der Waals surface area contributed by atoms with Crippen molar-refractivity contribution in [3.8, 4) is 0 Å². The van der Waals surface area contributed by atoms with Gasteiger partial charge >= 0.3 is 5.97 Å². The number of hydrogen-bond donors (Lipinski definition) is 2. The maximum Gasteiger partial charge on any atom is 0.326 e. The van der Waals surface area contributed by atoms with Gasteiger partial charge in [-0.3, -0.25) is 19.3 Å². The molecule has 1 saturated heterocycles. The third-order valence-corrected chi connectivity index (χ3v) is 4.02. The number of benzene rings is 1. The second-order valence-electron chi connectivity index (χ2n) is 6.56. The maximum atomic E-state index is 12.2. The third kappa shape index (κ3) is 4.89. The topological polar surface area (TPSA) is 104 Å². The highest BCUT2D eigenvalue weighted by Crippen LogP contribution is 2.16. The van der Waals surface area contributed by atoms with Crippen LogP contribution in [0.2, 0.25) is 0 Å². The predicted octanol–water partition coefficient (Wildman–Crippen LogP) is 1.56. The lowest BCUT2D eigenvalue weighted by Crippen LogP contribution is -2.41. The molecule has 0 aromatic heterocycles. The Bertz CT molecular complexity index is 665. The van der Waals surface area contributed by atoms with E-state index < -0.39 is 17.9 Å². The number of amides is 3. The van der Waals surface area contributed by atoms with E-state index in [0.29, 0.717) is 12.0 Å². The van der Waals surface area contributed by atoms with Gasteiger partial charge in [-0.1, -0.05) is 26.0 Å². The molecule has 7 nitrogen and oxygen atoms in total. The number of carbonyl (C=O) groups excluding carboxylic acids is 3. The van der Waals surface area contributed by atoms with E-state index in [1.807, 2.05) is 13.8 Å². The van der Waals surface area contributed by atoms with Crippen LogP contribution in [-0.4, -0.2) is 39.7 Å². The lowest BCUT2D eigenvalue weighted by molar-refractivity contribution is -0.140. The summed E-state index contributed by atoms with van der Waals surface area (Å²) in [4.78, 5) is 47.9. The first-order valence-electron chi connectivity index (χ1n) is 8.23. The van der Waals surface area contributed by atoms with Crippen LogP contribution in [0.4, 0.5) is 0 Å². The molecule has 2 rings (SSSR count). The van der Waals surface area contributed by atoms with E-state index in [4.69, 9.17) is 0 Å². The highest BCUT2D eigenvalue weighted by atomic mass is 16.4. The number of hydrogen-bond acceptors (Lipinski definition) is 4. The maximum absolute atomic E-state index is 12.2. The van der Waals surface area contributed by atoms with Crippen LogP contribution >= 0.6 is 0 Å². The van der Waals surface area contributed by atoms with Crippen molar-refractivity contribution < 1.29 is 24.3 Å². The summed E-state index contributed by atoms with van der Waals surface area (Å²) >= 11 is 0. The van der Waals surface area contributed by atoms with Crippen LogP contribution in [0.5, 0.6) is 0 Å². The molecule has 1 aliphatic rings. The molecule has 0 saturated carbocycles. The molecule has 3 amide bonds. The van der Waals surface area contributed by atoms with Crippen molar-refractivity contribution in [1.82, 2.24) is 10.2 Å². The van der Waals surface area contributed by atoms with Crippen molar-refractivity contribution in [2.75, 3.05) is 0 Å². The molecule has 1 fully saturated rings. The zero-order valence-electron chi connectivity index (χ0n) is 14.3. The van der Waals surface area contributed by atoms with Gasteiger partial charge in [0.05, 0.1) is 6.54 Å². The highest BCUT2D eigenvalue weighted by molar-refractivity contribution is 6.01. The predicted molar refractivity (Wildman–Crippen MR) is 89.6 cm³/mol. The number of imide groups is 1. The minimum absolute atomic E-state index is 0.138. The monoisotopic (exact) mass is 346 g/mol. The number of nitrogens with zero attached hydrogens (tertiary/aromatic N) is 1. The quantitative estimate of drug-likeness (QED) is 0.729. The Hall–Kier alpha value is -2.70. The van der Waals surface area contributed by atoms with Crippen LogP contribution in [0.1, 0.15) is 49.0 Å². The molecule has 0 spiro atoms. The molecule has 134 valence electrons. The zero-order chi connectivity index (χ0) is 18.6. The Kier molecular flexibility index (Phi) is 5.90. The van der Waals surface area contributed by atoms with E-state index in [1.165, 1.54) is 4.90 Å². The van der Waals surface area contributed by atoms with Crippen molar-refractivity contribution >= 4 is 23.7 Å². The Morgan fingerprint density at radius 1 is 1.12 bits per heavy atom. The molecule has 1 aromatic rings. The fourth-order valence-corrected chi connectivity index (χ4v) is 2.68. The average Bonchev–Trinajstić information content (AvgIpc) is 2.86. The number of aliphatic carboxylic acids is 1. The summed E-state index contributed by atoms with van der Waals surface area (Å²) in [6.45, 7) is 3.96. The van der Waals surface area contributed by atoms with Crippen molar-refractivity contribution in [1.29, 1.82) is 0 Å². The SMILES string of the molecule is CC(C)C[C@H](NC(=O)c1ccc(CN2C(=O)CCC2=O)cc1)C(=O)O. The van der Waals surface area contributed by atoms with Crippen molar-refractivity contribution in [2.45, 2.75) is 45.7 Å². The molecule has 1 heterocycles. The Labute approximate surface area is 146 Å². The van der Waals surface area contributed by atoms with Crippen LogP contribution < -0.4 is 5.32 Å². The molecule has 25 heavy (non-hydrogen) atoms. The molecule has 0 aliphatic carbocycles. The van der Waals surface area contributed by atoms with E-state index >= 15 is 0 Å². The van der Waals surface area contributed by atoms with E-state index in [2.05, 4.69) is 5.32 Å². The van der Waals surface area contributed by atoms with E-state index in [-0.39, 0.29) is 37.1 Å². The Morgan fingerprint density at radius 2 is 1.68 bits per heavy atom. The van der Waals surface area contributed by atoms with Crippen LogP contribution in [0.15, 0.2) is 24.3 Å². The second-order valence-corrected chi connectivity index (χ2v) is 6.56. The minimum Gasteiger partial charge on any atom is -0.480 e. The van der Waals surface area contributed by atoms with Gasteiger partial charge in [-0.05, 0) is 30.0 Å². The van der Waals surface area contributed by atoms with Crippen LogP contribution in [0, 0.1) is 5.92 Å². The molecule has 7 heteroatoms. The van der Waals surface area contributed by atoms with Gasteiger partial charge in [0, 0.05) is 18.4 Å². The third-order valence-electron chi connectivity index (χ3n) is 4.02. The molecule has 0 bridgehead atoms. The van der Waals surface area contributed by atoms with Gasteiger partial charge in [-0.15, -0.1) is 0 Å². The lowest BCUT2D eigenvalue weighted by atomic mass is 10.0. The Morgan fingerprint density at radius 3 is 2.16 bits per heavy atom. The van der Waals surface area contributed by atoms with Crippen LogP contribution in [0.3, 0.4) is 0 Å². The van der Waals surface area contributed by atoms with E-state index in [1.54, 1.807) is 24.3 Å². The number of rotatable bonds is 7. The number of nitrogens with one attached hydrogen (secondary N) is 1. The first-order chi connectivity index (χ1) is 11.8. The fraction of sp³-hybridized carbons (Fsp3) is 0.444. The van der Waals surface area contributed by atoms with Crippen LogP contribution in [-0.2, 0) is 20.9 Å². The molecule has 2 N–H and O–H groups in total. The summed E-state index contributed by atoms with van der Waals surface area (Å²) in [5, 5.41) is 11.7. The van der Waals surface area contributed by atoms with Crippen molar-refractivity contribution in [3.63, 3.8) is 0 Å².